The zero-order valence-electron chi connectivity index (χ0n) is 18.2. The van der Waals surface area contributed by atoms with E-state index in [0.29, 0.717) is 43.3 Å². The maximum absolute atomic E-state index is 12.9. The van der Waals surface area contributed by atoms with Crippen LogP contribution >= 0.6 is 0 Å². The first-order chi connectivity index (χ1) is 14.8. The number of imidazole rings is 1. The predicted octanol–water partition coefficient (Wildman–Crippen LogP) is 1.56. The number of hydrogen-bond acceptors (Lipinski definition) is 6. The van der Waals surface area contributed by atoms with E-state index in [4.69, 9.17) is 0 Å². The van der Waals surface area contributed by atoms with Crippen LogP contribution in [0.1, 0.15) is 27.2 Å². The highest BCUT2D eigenvalue weighted by Crippen LogP contribution is 2.21. The summed E-state index contributed by atoms with van der Waals surface area (Å²) in [5.74, 6) is 1.13. The maximum atomic E-state index is 12.9. The van der Waals surface area contributed by atoms with E-state index in [1.165, 1.54) is 17.8 Å². The van der Waals surface area contributed by atoms with Crippen LogP contribution < -0.4 is 10.6 Å². The van der Waals surface area contributed by atoms with Crippen molar-refractivity contribution in [1.29, 1.82) is 0 Å². The number of nitrogens with zero attached hydrogens (tertiary/aromatic N) is 6. The van der Waals surface area contributed by atoms with Crippen molar-refractivity contribution in [1.82, 2.24) is 24.0 Å². The number of piperazine rings is 1. The third-order valence-electron chi connectivity index (χ3n) is 5.73. The summed E-state index contributed by atoms with van der Waals surface area (Å²) in [6, 6.07) is 5.40. The topological polar surface area (TPSA) is 96.5 Å². The highest BCUT2D eigenvalue weighted by atomic mass is 16.3. The van der Waals surface area contributed by atoms with Crippen LogP contribution in [0.15, 0.2) is 35.4 Å². The fourth-order valence-corrected chi connectivity index (χ4v) is 3.98. The van der Waals surface area contributed by atoms with Gasteiger partial charge in [0, 0.05) is 45.6 Å². The Morgan fingerprint density at radius 3 is 2.29 bits per heavy atom. The van der Waals surface area contributed by atoms with Gasteiger partial charge in [0.15, 0.2) is 0 Å². The number of aryl methyl sites for hydroxylation is 2. The van der Waals surface area contributed by atoms with Gasteiger partial charge in [0.2, 0.25) is 5.88 Å². The third kappa shape index (κ3) is 3.67. The highest BCUT2D eigenvalue weighted by Gasteiger charge is 2.24. The Morgan fingerprint density at radius 2 is 1.74 bits per heavy atom. The Kier molecular flexibility index (Phi) is 5.26. The molecule has 4 heterocycles. The Labute approximate surface area is 180 Å². The van der Waals surface area contributed by atoms with Crippen molar-refractivity contribution in [2.45, 2.75) is 20.8 Å². The lowest BCUT2D eigenvalue weighted by Gasteiger charge is -2.36. The van der Waals surface area contributed by atoms with Gasteiger partial charge in [-0.3, -0.25) is 9.36 Å². The van der Waals surface area contributed by atoms with Gasteiger partial charge >= 0.3 is 5.69 Å². The van der Waals surface area contributed by atoms with Crippen LogP contribution in [0.5, 0.6) is 5.88 Å². The smallest absolute Gasteiger partial charge is 0.336 e. The lowest BCUT2D eigenvalue weighted by Crippen LogP contribution is -2.49. The van der Waals surface area contributed by atoms with Crippen molar-refractivity contribution in [3.8, 4) is 11.7 Å². The van der Waals surface area contributed by atoms with Gasteiger partial charge in [0.1, 0.15) is 11.6 Å². The first-order valence-electron chi connectivity index (χ1n) is 10.2. The molecule has 1 amide bonds. The van der Waals surface area contributed by atoms with Gasteiger partial charge in [0.25, 0.3) is 5.91 Å². The second-order valence-corrected chi connectivity index (χ2v) is 7.92. The minimum Gasteiger partial charge on any atom is -0.493 e. The SMILES string of the molecule is Cc1cnc(N2CCN(C(=O)c3ccc(-n4c(C)c(O)n(C)c4=O)nc3)CC2)c(C)c1. The summed E-state index contributed by atoms with van der Waals surface area (Å²) in [6.07, 6.45) is 3.35. The number of aromatic nitrogens is 4. The molecule has 9 nitrogen and oxygen atoms in total. The van der Waals surface area contributed by atoms with Gasteiger partial charge < -0.3 is 14.9 Å². The molecule has 0 bridgehead atoms. The minimum absolute atomic E-state index is 0.0905. The van der Waals surface area contributed by atoms with Crippen molar-refractivity contribution >= 4 is 11.7 Å². The summed E-state index contributed by atoms with van der Waals surface area (Å²) >= 11 is 0. The van der Waals surface area contributed by atoms with E-state index in [-0.39, 0.29) is 11.8 Å². The van der Waals surface area contributed by atoms with Crippen LogP contribution in [0.2, 0.25) is 0 Å². The van der Waals surface area contributed by atoms with Gasteiger partial charge in [-0.2, -0.15) is 0 Å². The fraction of sp³-hybridized carbons (Fsp3) is 0.364. The Bertz CT molecular complexity index is 1190. The Hall–Kier alpha value is -3.62. The van der Waals surface area contributed by atoms with Gasteiger partial charge in [-0.1, -0.05) is 6.07 Å². The molecule has 0 unspecified atom stereocenters. The summed E-state index contributed by atoms with van der Waals surface area (Å²) in [5.41, 5.74) is 2.74. The number of hydrogen-bond donors (Lipinski definition) is 1. The molecule has 1 N–H and O–H groups in total. The standard InChI is InChI=1S/C22H26N6O3/c1-14-11-15(2)19(24-12-14)26-7-9-27(10-8-26)21(30)17-5-6-18(23-13-17)28-16(3)20(29)25(4)22(28)31/h5-6,11-13,29H,7-10H2,1-4H3. The molecule has 0 atom stereocenters. The van der Waals surface area contributed by atoms with E-state index in [2.05, 4.69) is 27.9 Å². The van der Waals surface area contributed by atoms with Gasteiger partial charge in [0.05, 0.1) is 11.3 Å². The average Bonchev–Trinajstić information content (AvgIpc) is 2.96. The van der Waals surface area contributed by atoms with Crippen LogP contribution in [-0.4, -0.2) is 61.2 Å². The van der Waals surface area contributed by atoms with Crippen molar-refractivity contribution in [2.24, 2.45) is 7.05 Å². The van der Waals surface area contributed by atoms with Crippen molar-refractivity contribution < 1.29 is 9.90 Å². The summed E-state index contributed by atoms with van der Waals surface area (Å²) in [6.45, 7) is 8.35. The number of pyridine rings is 2. The molecule has 9 heteroatoms. The fourth-order valence-electron chi connectivity index (χ4n) is 3.98. The van der Waals surface area contributed by atoms with E-state index in [1.807, 2.05) is 18.0 Å². The number of amides is 1. The summed E-state index contributed by atoms with van der Waals surface area (Å²) in [4.78, 5) is 38.1. The lowest BCUT2D eigenvalue weighted by molar-refractivity contribution is 0.0746. The first kappa shape index (κ1) is 20.6. The summed E-state index contributed by atoms with van der Waals surface area (Å²) in [5, 5.41) is 9.96. The van der Waals surface area contributed by atoms with E-state index < -0.39 is 5.69 Å². The second kappa shape index (κ2) is 7.90. The number of aromatic hydroxyl groups is 1. The molecule has 0 aromatic carbocycles. The van der Waals surface area contributed by atoms with Crippen molar-refractivity contribution in [2.75, 3.05) is 31.1 Å². The van der Waals surface area contributed by atoms with Gasteiger partial charge in [-0.25, -0.2) is 19.3 Å². The molecule has 4 rings (SSSR count). The van der Waals surface area contributed by atoms with E-state index in [9.17, 15) is 14.7 Å². The van der Waals surface area contributed by atoms with Crippen LogP contribution in [0.25, 0.3) is 5.82 Å². The molecule has 1 fully saturated rings. The van der Waals surface area contributed by atoms with Gasteiger partial charge in [-0.15, -0.1) is 0 Å². The molecule has 0 spiro atoms. The molecule has 162 valence electrons. The monoisotopic (exact) mass is 422 g/mol. The minimum atomic E-state index is -0.391. The molecule has 3 aromatic heterocycles. The molecule has 0 aliphatic carbocycles. The molecule has 1 aliphatic heterocycles. The summed E-state index contributed by atoms with van der Waals surface area (Å²) < 4.78 is 2.47. The van der Waals surface area contributed by atoms with Crippen LogP contribution in [0.3, 0.4) is 0 Å². The zero-order chi connectivity index (χ0) is 22.3. The van der Waals surface area contributed by atoms with Gasteiger partial charge in [-0.05, 0) is 44.0 Å². The second-order valence-electron chi connectivity index (χ2n) is 7.92. The molecule has 3 aromatic rings. The van der Waals surface area contributed by atoms with E-state index >= 15 is 0 Å². The number of carbonyl (C=O) groups is 1. The highest BCUT2D eigenvalue weighted by molar-refractivity contribution is 5.94. The van der Waals surface area contributed by atoms with E-state index in [1.54, 1.807) is 19.1 Å². The Balaban J connectivity index is 1.46. The van der Waals surface area contributed by atoms with E-state index in [0.717, 1.165) is 21.5 Å². The van der Waals surface area contributed by atoms with Crippen LogP contribution in [-0.2, 0) is 7.05 Å². The van der Waals surface area contributed by atoms with Crippen LogP contribution in [0, 0.1) is 20.8 Å². The predicted molar refractivity (Wildman–Crippen MR) is 117 cm³/mol. The van der Waals surface area contributed by atoms with Crippen molar-refractivity contribution in [3.63, 3.8) is 0 Å². The van der Waals surface area contributed by atoms with Crippen LogP contribution in [0.4, 0.5) is 5.82 Å². The number of anilines is 1. The zero-order valence-corrected chi connectivity index (χ0v) is 18.2. The molecule has 1 aliphatic rings. The normalized spacial score (nSPS) is 14.2. The number of carbonyl (C=O) groups excluding carboxylic acids is 1. The molecule has 31 heavy (non-hydrogen) atoms. The quantitative estimate of drug-likeness (QED) is 0.688. The molecular formula is C22H26N6O3. The molecule has 0 radical (unpaired) electrons. The third-order valence-corrected chi connectivity index (χ3v) is 5.73. The van der Waals surface area contributed by atoms with Crippen molar-refractivity contribution in [3.05, 3.63) is 63.5 Å². The average molecular weight is 422 g/mol. The maximum Gasteiger partial charge on any atom is 0.336 e. The summed E-state index contributed by atoms with van der Waals surface area (Å²) in [7, 11) is 1.49. The Morgan fingerprint density at radius 1 is 1.03 bits per heavy atom. The first-order valence-corrected chi connectivity index (χ1v) is 10.2. The molecule has 0 saturated carbocycles. The molecule has 1 saturated heterocycles. The number of rotatable bonds is 3. The largest absolute Gasteiger partial charge is 0.493 e. The lowest BCUT2D eigenvalue weighted by atomic mass is 10.2. The molecular weight excluding hydrogens is 396 g/mol.